The van der Waals surface area contributed by atoms with Crippen LogP contribution in [0.2, 0.25) is 0 Å². The first-order valence-corrected chi connectivity index (χ1v) is 10.2. The van der Waals surface area contributed by atoms with Crippen molar-refractivity contribution in [1.82, 2.24) is 15.5 Å². The summed E-state index contributed by atoms with van der Waals surface area (Å²) in [5, 5.41) is 5.54. The SMILES string of the molecule is C[C@@H](CNC(=O)CN1C(=O)N[C@](C)(Cc2ccc3c(c2)OCO3)C1=O)c1ccccc1. The smallest absolute Gasteiger partial charge is 0.325 e. The summed E-state index contributed by atoms with van der Waals surface area (Å²) in [6.07, 6.45) is 0.275. The molecule has 0 bridgehead atoms. The summed E-state index contributed by atoms with van der Waals surface area (Å²) in [4.78, 5) is 38.8. The van der Waals surface area contributed by atoms with Gasteiger partial charge in [0.2, 0.25) is 12.7 Å². The third-order valence-electron chi connectivity index (χ3n) is 5.62. The lowest BCUT2D eigenvalue weighted by Gasteiger charge is -2.22. The van der Waals surface area contributed by atoms with Gasteiger partial charge in [-0.25, -0.2) is 4.79 Å². The van der Waals surface area contributed by atoms with E-state index in [0.29, 0.717) is 18.0 Å². The van der Waals surface area contributed by atoms with Gasteiger partial charge in [0.05, 0.1) is 0 Å². The minimum atomic E-state index is -1.14. The minimum absolute atomic E-state index is 0.115. The number of nitrogens with zero attached hydrogens (tertiary/aromatic N) is 1. The van der Waals surface area contributed by atoms with Crippen molar-refractivity contribution < 1.29 is 23.9 Å². The van der Waals surface area contributed by atoms with Crippen LogP contribution in [0.5, 0.6) is 11.5 Å². The molecule has 2 aromatic rings. The van der Waals surface area contributed by atoms with Crippen LogP contribution >= 0.6 is 0 Å². The van der Waals surface area contributed by atoms with Crippen molar-refractivity contribution in [2.75, 3.05) is 19.9 Å². The molecule has 2 aromatic carbocycles. The molecule has 2 atom stereocenters. The highest BCUT2D eigenvalue weighted by molar-refractivity contribution is 6.08. The van der Waals surface area contributed by atoms with E-state index in [-0.39, 0.29) is 31.6 Å². The summed E-state index contributed by atoms with van der Waals surface area (Å²) >= 11 is 0. The molecule has 1 saturated heterocycles. The fraction of sp³-hybridized carbons (Fsp3) is 0.348. The number of amides is 4. The van der Waals surface area contributed by atoms with E-state index in [2.05, 4.69) is 10.6 Å². The maximum absolute atomic E-state index is 13.0. The number of rotatable bonds is 7. The van der Waals surface area contributed by atoms with Crippen molar-refractivity contribution >= 4 is 17.8 Å². The third kappa shape index (κ3) is 4.33. The number of carbonyl (C=O) groups is 3. The van der Waals surface area contributed by atoms with Gasteiger partial charge in [0.15, 0.2) is 11.5 Å². The molecule has 31 heavy (non-hydrogen) atoms. The van der Waals surface area contributed by atoms with Crippen LogP contribution in [0.1, 0.15) is 30.9 Å². The van der Waals surface area contributed by atoms with E-state index in [4.69, 9.17) is 9.47 Å². The predicted octanol–water partition coefficient (Wildman–Crippen LogP) is 2.19. The Kier molecular flexibility index (Phi) is 5.54. The molecular weight excluding hydrogens is 398 g/mol. The maximum atomic E-state index is 13.0. The van der Waals surface area contributed by atoms with Gasteiger partial charge in [0.25, 0.3) is 5.91 Å². The molecule has 2 aliphatic heterocycles. The van der Waals surface area contributed by atoms with E-state index in [1.54, 1.807) is 19.1 Å². The fourth-order valence-electron chi connectivity index (χ4n) is 3.84. The van der Waals surface area contributed by atoms with Crippen LogP contribution in [-0.2, 0) is 16.0 Å². The molecule has 4 amide bonds. The van der Waals surface area contributed by atoms with E-state index in [9.17, 15) is 14.4 Å². The molecule has 0 spiro atoms. The first-order valence-electron chi connectivity index (χ1n) is 10.2. The topological polar surface area (TPSA) is 97.0 Å². The highest BCUT2D eigenvalue weighted by atomic mass is 16.7. The number of fused-ring (bicyclic) bond motifs is 1. The molecule has 0 aliphatic carbocycles. The predicted molar refractivity (Wildman–Crippen MR) is 113 cm³/mol. The van der Waals surface area contributed by atoms with E-state index in [0.717, 1.165) is 16.0 Å². The number of nitrogens with one attached hydrogen (secondary N) is 2. The Morgan fingerprint density at radius 1 is 1.16 bits per heavy atom. The summed E-state index contributed by atoms with van der Waals surface area (Å²) in [5.74, 6) is 0.574. The number of urea groups is 1. The molecule has 2 N–H and O–H groups in total. The quantitative estimate of drug-likeness (QED) is 0.666. The number of imide groups is 1. The molecule has 0 saturated carbocycles. The fourth-order valence-corrected chi connectivity index (χ4v) is 3.84. The van der Waals surface area contributed by atoms with Crippen molar-refractivity contribution in [3.8, 4) is 11.5 Å². The Morgan fingerprint density at radius 2 is 1.90 bits per heavy atom. The highest BCUT2D eigenvalue weighted by Gasteiger charge is 2.48. The van der Waals surface area contributed by atoms with Crippen LogP contribution < -0.4 is 20.1 Å². The summed E-state index contributed by atoms with van der Waals surface area (Å²) in [6, 6.07) is 14.7. The van der Waals surface area contributed by atoms with Crippen LogP contribution in [0.25, 0.3) is 0 Å². The Morgan fingerprint density at radius 3 is 2.68 bits per heavy atom. The number of carbonyl (C=O) groups excluding carboxylic acids is 3. The summed E-state index contributed by atoms with van der Waals surface area (Å²) in [6.45, 7) is 3.93. The van der Waals surface area contributed by atoms with Gasteiger partial charge in [-0.2, -0.15) is 0 Å². The second kappa shape index (κ2) is 8.29. The van der Waals surface area contributed by atoms with Crippen LogP contribution in [-0.4, -0.2) is 48.2 Å². The van der Waals surface area contributed by atoms with Crippen LogP contribution in [0, 0.1) is 0 Å². The van der Waals surface area contributed by atoms with E-state index in [1.165, 1.54) is 0 Å². The normalized spacial score (nSPS) is 20.5. The average molecular weight is 423 g/mol. The Balaban J connectivity index is 1.35. The lowest BCUT2D eigenvalue weighted by molar-refractivity contribution is -0.134. The summed E-state index contributed by atoms with van der Waals surface area (Å²) < 4.78 is 10.7. The third-order valence-corrected chi connectivity index (χ3v) is 5.62. The number of benzene rings is 2. The van der Waals surface area contributed by atoms with Crippen molar-refractivity contribution in [2.24, 2.45) is 0 Å². The number of ether oxygens (including phenoxy) is 2. The second-order valence-electron chi connectivity index (χ2n) is 8.13. The zero-order valence-corrected chi connectivity index (χ0v) is 17.5. The van der Waals surface area contributed by atoms with Gasteiger partial charge in [-0.3, -0.25) is 14.5 Å². The van der Waals surface area contributed by atoms with Gasteiger partial charge in [-0.05, 0) is 36.1 Å². The standard InChI is InChI=1S/C23H25N3O5/c1-15(17-6-4-3-5-7-17)12-24-20(27)13-26-21(28)23(2,25-22(26)29)11-16-8-9-18-19(10-16)31-14-30-18/h3-10,15H,11-14H2,1-2H3,(H,24,27)(H,25,29)/t15-,23+/m0/s1. The average Bonchev–Trinajstić information content (AvgIpc) is 3.30. The Labute approximate surface area is 180 Å². The maximum Gasteiger partial charge on any atom is 0.325 e. The molecule has 1 fully saturated rings. The zero-order valence-electron chi connectivity index (χ0n) is 17.5. The van der Waals surface area contributed by atoms with Crippen LogP contribution in [0.4, 0.5) is 4.79 Å². The molecule has 2 aliphatic rings. The second-order valence-corrected chi connectivity index (χ2v) is 8.13. The van der Waals surface area contributed by atoms with Gasteiger partial charge in [-0.15, -0.1) is 0 Å². The Bertz CT molecular complexity index is 1010. The largest absolute Gasteiger partial charge is 0.454 e. The molecular formula is C23H25N3O5. The van der Waals surface area contributed by atoms with Gasteiger partial charge < -0.3 is 20.1 Å². The zero-order chi connectivity index (χ0) is 22.0. The van der Waals surface area contributed by atoms with E-state index in [1.807, 2.05) is 43.3 Å². The van der Waals surface area contributed by atoms with Gasteiger partial charge in [0.1, 0.15) is 12.1 Å². The molecule has 2 heterocycles. The molecule has 0 radical (unpaired) electrons. The highest BCUT2D eigenvalue weighted by Crippen LogP contribution is 2.34. The number of hydrogen-bond acceptors (Lipinski definition) is 5. The van der Waals surface area contributed by atoms with Gasteiger partial charge in [0, 0.05) is 13.0 Å². The van der Waals surface area contributed by atoms with Gasteiger partial charge >= 0.3 is 6.03 Å². The lowest BCUT2D eigenvalue weighted by Crippen LogP contribution is -2.47. The molecule has 8 nitrogen and oxygen atoms in total. The van der Waals surface area contributed by atoms with E-state index < -0.39 is 17.5 Å². The first-order chi connectivity index (χ1) is 14.9. The monoisotopic (exact) mass is 423 g/mol. The molecule has 162 valence electrons. The molecule has 8 heteroatoms. The minimum Gasteiger partial charge on any atom is -0.454 e. The first kappa shape index (κ1) is 20.7. The van der Waals surface area contributed by atoms with Crippen LogP contribution in [0.3, 0.4) is 0 Å². The van der Waals surface area contributed by atoms with Crippen molar-refractivity contribution in [1.29, 1.82) is 0 Å². The van der Waals surface area contributed by atoms with Crippen LogP contribution in [0.15, 0.2) is 48.5 Å². The molecule has 0 aromatic heterocycles. The van der Waals surface area contributed by atoms with Crippen molar-refractivity contribution in [2.45, 2.75) is 31.7 Å². The lowest BCUT2D eigenvalue weighted by atomic mass is 9.92. The molecule has 0 unspecified atom stereocenters. The summed E-state index contributed by atoms with van der Waals surface area (Å²) in [5.41, 5.74) is 0.792. The summed E-state index contributed by atoms with van der Waals surface area (Å²) in [7, 11) is 0. The number of hydrogen-bond donors (Lipinski definition) is 2. The van der Waals surface area contributed by atoms with Crippen molar-refractivity contribution in [3.63, 3.8) is 0 Å². The van der Waals surface area contributed by atoms with E-state index >= 15 is 0 Å². The Hall–Kier alpha value is -3.55. The van der Waals surface area contributed by atoms with Crippen molar-refractivity contribution in [3.05, 3.63) is 59.7 Å². The molecule has 4 rings (SSSR count). The van der Waals surface area contributed by atoms with Gasteiger partial charge in [-0.1, -0.05) is 43.3 Å².